The Bertz CT molecular complexity index is 765. The maximum absolute atomic E-state index is 11.9. The molecule has 2 rings (SSSR count). The Kier molecular flexibility index (Phi) is 4.76. The molecule has 11 heteroatoms. The monoisotopic (exact) mass is 348 g/mol. The molecule has 0 aromatic carbocycles. The molecule has 2 heterocycles. The summed E-state index contributed by atoms with van der Waals surface area (Å²) < 4.78 is 21.9. The third-order valence-corrected chi connectivity index (χ3v) is 4.07. The molecule has 1 aromatic heterocycles. The molecular formula is C12H17N2O8P. The number of phosphoric acid groups is 1. The molecule has 1 fully saturated rings. The van der Waals surface area contributed by atoms with Crippen molar-refractivity contribution in [1.29, 1.82) is 0 Å². The summed E-state index contributed by atoms with van der Waals surface area (Å²) in [6.07, 6.45) is 0.225. The first kappa shape index (κ1) is 17.8. The highest BCUT2D eigenvalue weighted by atomic mass is 31.2. The molecule has 0 radical (unpaired) electrons. The van der Waals surface area contributed by atoms with Gasteiger partial charge in [0.1, 0.15) is 11.8 Å². The van der Waals surface area contributed by atoms with E-state index in [1.165, 1.54) is 13.1 Å². The number of aromatic amines is 1. The van der Waals surface area contributed by atoms with Gasteiger partial charge < -0.3 is 19.6 Å². The van der Waals surface area contributed by atoms with Crippen LogP contribution in [0, 0.1) is 6.92 Å². The summed E-state index contributed by atoms with van der Waals surface area (Å²) in [7, 11) is -4.77. The van der Waals surface area contributed by atoms with E-state index in [4.69, 9.17) is 14.5 Å². The van der Waals surface area contributed by atoms with Crippen molar-refractivity contribution < 1.29 is 28.7 Å². The summed E-state index contributed by atoms with van der Waals surface area (Å²) in [4.78, 5) is 42.9. The van der Waals surface area contributed by atoms with Crippen LogP contribution in [0.2, 0.25) is 0 Å². The smallest absolute Gasteiger partial charge is 0.389 e. The van der Waals surface area contributed by atoms with Gasteiger partial charge in [0, 0.05) is 18.2 Å². The van der Waals surface area contributed by atoms with Crippen LogP contribution in [0.4, 0.5) is 0 Å². The number of ether oxygens (including phenoxy) is 1. The second-order valence-electron chi connectivity index (χ2n) is 5.23. The number of hydrogen-bond donors (Lipinski definition) is 4. The normalized spacial score (nSPS) is 28.0. The summed E-state index contributed by atoms with van der Waals surface area (Å²) in [5, 5.41) is 10.2. The van der Waals surface area contributed by atoms with Crippen LogP contribution in [-0.2, 0) is 13.8 Å². The minimum atomic E-state index is -4.77. The molecule has 1 aliphatic heterocycles. The number of aryl methyl sites for hydroxylation is 1. The van der Waals surface area contributed by atoms with Gasteiger partial charge in [0.05, 0.1) is 12.7 Å². The molecule has 0 bridgehead atoms. The summed E-state index contributed by atoms with van der Waals surface area (Å²) in [6, 6.07) is 0. The van der Waals surface area contributed by atoms with Crippen molar-refractivity contribution in [2.75, 3.05) is 6.61 Å². The summed E-state index contributed by atoms with van der Waals surface area (Å²) >= 11 is 0. The average Bonchev–Trinajstić information content (AvgIpc) is 2.77. The van der Waals surface area contributed by atoms with E-state index in [0.717, 1.165) is 10.6 Å². The molecule has 23 heavy (non-hydrogen) atoms. The van der Waals surface area contributed by atoms with Crippen LogP contribution in [0.25, 0.3) is 0 Å². The number of aliphatic hydroxyl groups is 1. The number of nitrogens with zero attached hydrogens (tertiary/aromatic N) is 1. The number of nitrogens with one attached hydrogen (secondary N) is 1. The largest absolute Gasteiger partial charge is 0.469 e. The van der Waals surface area contributed by atoms with Crippen molar-refractivity contribution >= 4 is 7.82 Å². The van der Waals surface area contributed by atoms with Crippen LogP contribution in [0.5, 0.6) is 0 Å². The van der Waals surface area contributed by atoms with Gasteiger partial charge >= 0.3 is 13.5 Å². The Labute approximate surface area is 130 Å². The lowest BCUT2D eigenvalue weighted by molar-refractivity contribution is -0.0957. The quantitative estimate of drug-likeness (QED) is 0.397. The topological polar surface area (TPSA) is 151 Å². The van der Waals surface area contributed by atoms with E-state index in [-0.39, 0.29) is 12.0 Å². The standard InChI is InChI=1S/C12H17N2O8P/c1-3-12(6-21-23(18,19)20)8(15)4-9(22-12)14-5-7(2)10(16)13-11(14)17/h3,5,8-9,15H,1,4,6H2,2H3,(H,13,16,17)(H2,18,19,20)/t8-,9+,12+/m0/s1. The molecule has 0 spiro atoms. The average molecular weight is 348 g/mol. The molecule has 1 aliphatic rings. The molecule has 1 saturated heterocycles. The van der Waals surface area contributed by atoms with Gasteiger partial charge in [-0.05, 0) is 6.92 Å². The summed E-state index contributed by atoms with van der Waals surface area (Å²) in [5.74, 6) is 0. The SMILES string of the molecule is C=C[C@]1(COP(=O)(O)O)O[C@@H](n2cc(C)c(=O)[nH]c2=O)C[C@@H]1O. The molecule has 128 valence electrons. The van der Waals surface area contributed by atoms with E-state index in [0.29, 0.717) is 0 Å². The fourth-order valence-corrected chi connectivity index (χ4v) is 2.67. The van der Waals surface area contributed by atoms with Gasteiger partial charge in [-0.25, -0.2) is 9.36 Å². The lowest BCUT2D eigenvalue weighted by atomic mass is 9.98. The predicted octanol–water partition coefficient (Wildman–Crippen LogP) is -0.841. The first-order valence-electron chi connectivity index (χ1n) is 6.59. The molecule has 0 amide bonds. The van der Waals surface area contributed by atoms with Gasteiger partial charge in [0.2, 0.25) is 0 Å². The second-order valence-corrected chi connectivity index (χ2v) is 6.47. The third-order valence-electron chi connectivity index (χ3n) is 3.60. The van der Waals surface area contributed by atoms with Gasteiger partial charge in [-0.3, -0.25) is 18.9 Å². The zero-order chi connectivity index (χ0) is 17.4. The highest BCUT2D eigenvalue weighted by molar-refractivity contribution is 7.46. The lowest BCUT2D eigenvalue weighted by Gasteiger charge is -2.28. The lowest BCUT2D eigenvalue weighted by Crippen LogP contribution is -2.42. The first-order valence-corrected chi connectivity index (χ1v) is 8.12. The molecule has 0 unspecified atom stereocenters. The predicted molar refractivity (Wildman–Crippen MR) is 77.7 cm³/mol. The Balaban J connectivity index is 2.31. The van der Waals surface area contributed by atoms with Gasteiger partial charge in [-0.2, -0.15) is 0 Å². The number of rotatable bonds is 5. The van der Waals surface area contributed by atoms with Crippen LogP contribution in [0.1, 0.15) is 18.2 Å². The third kappa shape index (κ3) is 3.69. The minimum absolute atomic E-state index is 0.0536. The molecule has 4 N–H and O–H groups in total. The maximum Gasteiger partial charge on any atom is 0.469 e. The molecule has 10 nitrogen and oxygen atoms in total. The molecule has 3 atom stereocenters. The van der Waals surface area contributed by atoms with Crippen LogP contribution >= 0.6 is 7.82 Å². The Morgan fingerprint density at radius 1 is 1.61 bits per heavy atom. The van der Waals surface area contributed by atoms with E-state index in [9.17, 15) is 19.3 Å². The van der Waals surface area contributed by atoms with Crippen molar-refractivity contribution in [2.24, 2.45) is 0 Å². The fourth-order valence-electron chi connectivity index (χ4n) is 2.30. The Morgan fingerprint density at radius 3 is 2.83 bits per heavy atom. The van der Waals surface area contributed by atoms with E-state index in [1.807, 2.05) is 0 Å². The zero-order valence-electron chi connectivity index (χ0n) is 12.2. The van der Waals surface area contributed by atoms with Crippen molar-refractivity contribution in [1.82, 2.24) is 9.55 Å². The highest BCUT2D eigenvalue weighted by Gasteiger charge is 2.48. The number of hydrogen-bond acceptors (Lipinski definition) is 6. The van der Waals surface area contributed by atoms with Crippen LogP contribution < -0.4 is 11.2 Å². The molecule has 0 aliphatic carbocycles. The van der Waals surface area contributed by atoms with Gasteiger partial charge in [-0.15, -0.1) is 6.58 Å². The number of aliphatic hydroxyl groups excluding tert-OH is 1. The number of aromatic nitrogens is 2. The van der Waals surface area contributed by atoms with E-state index in [2.05, 4.69) is 16.1 Å². The number of phosphoric ester groups is 1. The summed E-state index contributed by atoms with van der Waals surface area (Å²) in [5.41, 5.74) is -2.58. The maximum atomic E-state index is 11.9. The van der Waals surface area contributed by atoms with E-state index >= 15 is 0 Å². The van der Waals surface area contributed by atoms with Crippen molar-refractivity contribution in [3.63, 3.8) is 0 Å². The van der Waals surface area contributed by atoms with Crippen molar-refractivity contribution in [3.8, 4) is 0 Å². The van der Waals surface area contributed by atoms with Gasteiger partial charge in [0.15, 0.2) is 0 Å². The molecular weight excluding hydrogens is 331 g/mol. The van der Waals surface area contributed by atoms with E-state index < -0.39 is 43.6 Å². The van der Waals surface area contributed by atoms with Crippen molar-refractivity contribution in [2.45, 2.75) is 31.3 Å². The Hall–Kier alpha value is -1.55. The minimum Gasteiger partial charge on any atom is -0.389 e. The summed E-state index contributed by atoms with van der Waals surface area (Å²) in [6.45, 7) is 4.34. The van der Waals surface area contributed by atoms with Gasteiger partial charge in [0.25, 0.3) is 5.56 Å². The Morgan fingerprint density at radius 2 is 2.26 bits per heavy atom. The molecule has 0 saturated carbocycles. The van der Waals surface area contributed by atoms with Crippen LogP contribution in [0.15, 0.2) is 28.4 Å². The van der Waals surface area contributed by atoms with Crippen molar-refractivity contribution in [3.05, 3.63) is 45.3 Å². The molecule has 1 aromatic rings. The van der Waals surface area contributed by atoms with Gasteiger partial charge in [-0.1, -0.05) is 6.08 Å². The second kappa shape index (κ2) is 6.16. The number of H-pyrrole nitrogens is 1. The first-order chi connectivity index (χ1) is 10.6. The van der Waals surface area contributed by atoms with E-state index in [1.54, 1.807) is 0 Å². The fraction of sp³-hybridized carbons (Fsp3) is 0.500. The van der Waals surface area contributed by atoms with Crippen LogP contribution in [-0.4, -0.2) is 42.8 Å². The zero-order valence-corrected chi connectivity index (χ0v) is 13.1. The van der Waals surface area contributed by atoms with Crippen LogP contribution in [0.3, 0.4) is 0 Å². The highest BCUT2D eigenvalue weighted by Crippen LogP contribution is 2.42.